The number of anilines is 2. The van der Waals surface area contributed by atoms with E-state index in [1.54, 1.807) is 19.1 Å². The molecule has 0 aliphatic heterocycles. The second kappa shape index (κ2) is 10.1. The van der Waals surface area contributed by atoms with Crippen LogP contribution >= 0.6 is 0 Å². The third kappa shape index (κ3) is 5.76. The number of nitriles is 1. The second-order valence-corrected chi connectivity index (χ2v) is 8.94. The summed E-state index contributed by atoms with van der Waals surface area (Å²) in [6.45, 7) is 2.90. The number of nitrogens with zero attached hydrogens (tertiary/aromatic N) is 1. The van der Waals surface area contributed by atoms with Crippen molar-refractivity contribution >= 4 is 33.3 Å². The van der Waals surface area contributed by atoms with Gasteiger partial charge in [0.2, 0.25) is 0 Å². The van der Waals surface area contributed by atoms with E-state index in [2.05, 4.69) is 10.0 Å². The molecule has 0 spiro atoms. The van der Waals surface area contributed by atoms with Crippen molar-refractivity contribution in [3.8, 4) is 6.07 Å². The lowest BCUT2D eigenvalue weighted by Crippen LogP contribution is -2.30. The van der Waals surface area contributed by atoms with Crippen LogP contribution in [0.15, 0.2) is 71.6 Å². The Morgan fingerprint density at radius 3 is 2.41 bits per heavy atom. The molecule has 0 heterocycles. The molecule has 0 fully saturated rings. The van der Waals surface area contributed by atoms with Gasteiger partial charge < -0.3 is 10.1 Å². The number of aryl methyl sites for hydroxylation is 1. The fraction of sp³-hybridized carbons (Fsp3) is 0.125. The average Bonchev–Trinajstić information content (AvgIpc) is 2.80. The number of amides is 1. The summed E-state index contributed by atoms with van der Waals surface area (Å²) in [5.74, 6) is -2.08. The Labute approximate surface area is 196 Å². The van der Waals surface area contributed by atoms with Crippen molar-refractivity contribution < 1.29 is 27.1 Å². The van der Waals surface area contributed by atoms with Crippen LogP contribution in [0.5, 0.6) is 0 Å². The first-order chi connectivity index (χ1) is 16.1. The highest BCUT2D eigenvalue weighted by Crippen LogP contribution is 2.22. The van der Waals surface area contributed by atoms with Crippen LogP contribution in [0.1, 0.15) is 28.4 Å². The summed E-state index contributed by atoms with van der Waals surface area (Å²) in [6.07, 6.45) is -1.22. The first-order valence-electron chi connectivity index (χ1n) is 10.0. The van der Waals surface area contributed by atoms with E-state index in [0.29, 0.717) is 5.56 Å². The highest BCUT2D eigenvalue weighted by Gasteiger charge is 2.23. The van der Waals surface area contributed by atoms with Gasteiger partial charge in [-0.15, -0.1) is 0 Å². The SMILES string of the molecule is Cc1ccc(C(=O)OC(C)C(=O)Nc2ccccc2C#N)cc1S(=O)(=O)Nc1ccc(F)cc1. The molecule has 0 aliphatic rings. The molecule has 0 saturated heterocycles. The van der Waals surface area contributed by atoms with E-state index in [1.807, 2.05) is 6.07 Å². The van der Waals surface area contributed by atoms with Gasteiger partial charge in [-0.3, -0.25) is 9.52 Å². The number of rotatable bonds is 7. The standard InChI is InChI=1S/C24H20FN3O5S/c1-15-7-8-17(13-22(15)34(31,32)28-20-11-9-19(25)10-12-20)24(30)33-16(2)23(29)27-21-6-4-3-5-18(21)14-26/h3-13,16,28H,1-2H3,(H,27,29). The highest BCUT2D eigenvalue weighted by molar-refractivity contribution is 7.92. The average molecular weight is 482 g/mol. The summed E-state index contributed by atoms with van der Waals surface area (Å²) in [6, 6.07) is 17.0. The second-order valence-electron chi connectivity index (χ2n) is 7.29. The molecule has 3 rings (SSSR count). The maximum absolute atomic E-state index is 13.1. The number of nitrogens with one attached hydrogen (secondary N) is 2. The Balaban J connectivity index is 1.75. The Kier molecular flexibility index (Phi) is 7.28. The molecule has 0 radical (unpaired) electrons. The molecule has 10 heteroatoms. The minimum absolute atomic E-state index is 0.0813. The van der Waals surface area contributed by atoms with E-state index in [-0.39, 0.29) is 27.4 Å². The van der Waals surface area contributed by atoms with Gasteiger partial charge in [0.05, 0.1) is 21.7 Å². The Bertz CT molecular complexity index is 1380. The topological polar surface area (TPSA) is 125 Å². The van der Waals surface area contributed by atoms with Crippen molar-refractivity contribution in [1.29, 1.82) is 5.26 Å². The fourth-order valence-electron chi connectivity index (χ4n) is 2.95. The summed E-state index contributed by atoms with van der Waals surface area (Å²) < 4.78 is 46.3. The number of halogens is 1. The zero-order valence-electron chi connectivity index (χ0n) is 18.2. The monoisotopic (exact) mass is 481 g/mol. The predicted molar refractivity (Wildman–Crippen MR) is 123 cm³/mol. The maximum Gasteiger partial charge on any atom is 0.338 e. The number of hydrogen-bond acceptors (Lipinski definition) is 6. The first-order valence-corrected chi connectivity index (χ1v) is 11.5. The Hall–Kier alpha value is -4.23. The van der Waals surface area contributed by atoms with Gasteiger partial charge in [0.25, 0.3) is 15.9 Å². The Morgan fingerprint density at radius 1 is 1.06 bits per heavy atom. The van der Waals surface area contributed by atoms with Crippen LogP contribution in [0.25, 0.3) is 0 Å². The zero-order valence-corrected chi connectivity index (χ0v) is 19.0. The number of carbonyl (C=O) groups is 2. The molecule has 34 heavy (non-hydrogen) atoms. The number of para-hydroxylation sites is 1. The third-order valence-electron chi connectivity index (χ3n) is 4.77. The van der Waals surface area contributed by atoms with E-state index in [1.165, 1.54) is 43.3 Å². The molecule has 1 amide bonds. The molecule has 1 unspecified atom stereocenters. The van der Waals surface area contributed by atoms with E-state index in [9.17, 15) is 22.4 Å². The van der Waals surface area contributed by atoms with Gasteiger partial charge in [-0.25, -0.2) is 17.6 Å². The molecule has 174 valence electrons. The van der Waals surface area contributed by atoms with Gasteiger partial charge >= 0.3 is 5.97 Å². The lowest BCUT2D eigenvalue weighted by Gasteiger charge is -2.15. The van der Waals surface area contributed by atoms with Crippen molar-refractivity contribution in [3.05, 3.63) is 89.2 Å². The van der Waals surface area contributed by atoms with Gasteiger partial charge in [0.1, 0.15) is 11.9 Å². The maximum atomic E-state index is 13.1. The van der Waals surface area contributed by atoms with Crippen LogP contribution in [0.2, 0.25) is 0 Å². The van der Waals surface area contributed by atoms with Crippen LogP contribution in [0, 0.1) is 24.1 Å². The number of sulfonamides is 1. The number of esters is 1. The summed E-state index contributed by atoms with van der Waals surface area (Å²) in [5.41, 5.74) is 0.953. The number of ether oxygens (including phenoxy) is 1. The summed E-state index contributed by atoms with van der Waals surface area (Å²) in [4.78, 5) is 24.9. The van der Waals surface area contributed by atoms with Crippen molar-refractivity contribution in [1.82, 2.24) is 0 Å². The predicted octanol–water partition coefficient (Wildman–Crippen LogP) is 3.99. The van der Waals surface area contributed by atoms with Crippen LogP contribution < -0.4 is 10.0 Å². The van der Waals surface area contributed by atoms with Crippen LogP contribution in [0.4, 0.5) is 15.8 Å². The molecule has 0 saturated carbocycles. The lowest BCUT2D eigenvalue weighted by molar-refractivity contribution is -0.123. The molecule has 3 aromatic rings. The van der Waals surface area contributed by atoms with Crippen LogP contribution in [0.3, 0.4) is 0 Å². The lowest BCUT2D eigenvalue weighted by atomic mass is 10.1. The smallest absolute Gasteiger partial charge is 0.338 e. The van der Waals surface area contributed by atoms with Gasteiger partial charge in [-0.1, -0.05) is 18.2 Å². The van der Waals surface area contributed by atoms with E-state index in [4.69, 9.17) is 10.00 Å². The van der Waals surface area contributed by atoms with Crippen molar-refractivity contribution in [2.45, 2.75) is 24.8 Å². The molecule has 1 atom stereocenters. The number of benzene rings is 3. The first kappa shape index (κ1) is 24.4. The number of hydrogen-bond donors (Lipinski definition) is 2. The third-order valence-corrected chi connectivity index (χ3v) is 6.29. The number of carbonyl (C=O) groups excluding carboxylic acids is 2. The van der Waals surface area contributed by atoms with E-state index in [0.717, 1.165) is 18.2 Å². The van der Waals surface area contributed by atoms with Crippen molar-refractivity contribution in [2.75, 3.05) is 10.0 Å². The fourth-order valence-corrected chi connectivity index (χ4v) is 4.28. The minimum Gasteiger partial charge on any atom is -0.449 e. The highest BCUT2D eigenvalue weighted by atomic mass is 32.2. The molecule has 2 N–H and O–H groups in total. The summed E-state index contributed by atoms with van der Waals surface area (Å²) in [7, 11) is -4.10. The molecule has 0 aliphatic carbocycles. The van der Waals surface area contributed by atoms with Crippen molar-refractivity contribution in [2.24, 2.45) is 0 Å². The molecule has 8 nitrogen and oxygen atoms in total. The van der Waals surface area contributed by atoms with Crippen LogP contribution in [-0.4, -0.2) is 26.4 Å². The minimum atomic E-state index is -4.10. The molecule has 0 bridgehead atoms. The molecular weight excluding hydrogens is 461 g/mol. The molecular formula is C24H20FN3O5S. The zero-order chi connectivity index (χ0) is 24.9. The summed E-state index contributed by atoms with van der Waals surface area (Å²) >= 11 is 0. The quantitative estimate of drug-likeness (QED) is 0.492. The van der Waals surface area contributed by atoms with Crippen LogP contribution in [-0.2, 0) is 19.6 Å². The molecule has 3 aromatic carbocycles. The van der Waals surface area contributed by atoms with E-state index >= 15 is 0 Å². The largest absolute Gasteiger partial charge is 0.449 e. The van der Waals surface area contributed by atoms with Gasteiger partial charge in [0.15, 0.2) is 6.10 Å². The normalized spacial score (nSPS) is 11.7. The summed E-state index contributed by atoms with van der Waals surface area (Å²) in [5, 5.41) is 11.6. The van der Waals surface area contributed by atoms with E-state index < -0.39 is 33.8 Å². The van der Waals surface area contributed by atoms with Gasteiger partial charge in [0, 0.05) is 5.69 Å². The van der Waals surface area contributed by atoms with Crippen molar-refractivity contribution in [3.63, 3.8) is 0 Å². The van der Waals surface area contributed by atoms with Gasteiger partial charge in [-0.2, -0.15) is 5.26 Å². The van der Waals surface area contributed by atoms with Gasteiger partial charge in [-0.05, 0) is 67.9 Å². The molecule has 0 aromatic heterocycles. The Morgan fingerprint density at radius 2 is 1.74 bits per heavy atom.